The van der Waals surface area contributed by atoms with E-state index in [1.807, 2.05) is 0 Å². The largest absolute Gasteiger partial charge is 0 e. The van der Waals surface area contributed by atoms with Crippen molar-refractivity contribution in [3.63, 3.8) is 0 Å². The summed E-state index contributed by atoms with van der Waals surface area (Å²) in [6.07, 6.45) is 0. The van der Waals surface area contributed by atoms with E-state index in [-0.39, 0.29) is 17.1 Å². The fraction of sp³-hybridized carbons (Fsp3) is 0. The maximum atomic E-state index is 8.88. The monoisotopic (exact) mass is 315 g/mol. The zero-order valence-corrected chi connectivity index (χ0v) is 9.41. The van der Waals surface area contributed by atoms with Crippen LogP contribution < -0.4 is 0 Å². The third-order valence-corrected chi connectivity index (χ3v) is 0. The van der Waals surface area contributed by atoms with Crippen LogP contribution in [0.1, 0.15) is 0 Å². The fourth-order valence-corrected chi connectivity index (χ4v) is 0. The van der Waals surface area contributed by atoms with Gasteiger partial charge in [-0.1, -0.05) is 0 Å². The summed E-state index contributed by atoms with van der Waals surface area (Å²) >= 11 is -1.33. The maximum Gasteiger partial charge on any atom is 0 e. The third-order valence-electron chi connectivity index (χ3n) is 0. The van der Waals surface area contributed by atoms with Crippen LogP contribution in [0.2, 0.25) is 0 Å². The molecule has 0 aliphatic heterocycles. The molecule has 0 unspecified atom stereocenters. The zero-order chi connectivity index (χ0) is 8.08. The van der Waals surface area contributed by atoms with Gasteiger partial charge >= 0.3 is 49.3 Å². The summed E-state index contributed by atoms with van der Waals surface area (Å²) in [7, 11) is 10.0. The van der Waals surface area contributed by atoms with Crippen molar-refractivity contribution in [1.29, 1.82) is 0 Å². The number of hydrogen-bond donors (Lipinski definition) is 3. The van der Waals surface area contributed by atoms with Crippen LogP contribution in [0, 0.1) is 0 Å². The molecule has 0 heterocycles. The van der Waals surface area contributed by atoms with Crippen LogP contribution in [0.3, 0.4) is 0 Å². The molecule has 0 aromatic carbocycles. The Kier molecular flexibility index (Phi) is 16.3. The Labute approximate surface area is 85.1 Å². The molecule has 0 amide bonds. The number of halogens is 3. The van der Waals surface area contributed by atoms with Crippen molar-refractivity contribution < 1.29 is 47.5 Å². The van der Waals surface area contributed by atoms with E-state index < -0.39 is 19.0 Å². The quantitative estimate of drug-likeness (QED) is 0.462. The molecule has 69 valence electrons. The molecule has 0 aliphatic carbocycles. The second kappa shape index (κ2) is 9.11. The predicted molar refractivity (Wildman–Crippen MR) is 31.8 cm³/mol. The van der Waals surface area contributed by atoms with Crippen molar-refractivity contribution in [1.82, 2.24) is 0 Å². The van der Waals surface area contributed by atoms with Gasteiger partial charge in [-0.2, -0.15) is 0 Å². The smallest absolute Gasteiger partial charge is 0 e. The summed E-state index contributed by atoms with van der Waals surface area (Å²) in [4.78, 5) is 21.6. The molecule has 0 atom stereocenters. The first-order valence-corrected chi connectivity index (χ1v) is 7.31. The van der Waals surface area contributed by atoms with Crippen LogP contribution in [0.5, 0.6) is 0 Å². The number of rotatable bonds is 0. The van der Waals surface area contributed by atoms with Crippen LogP contribution in [0.4, 0.5) is 0 Å². The molecule has 0 fully saturated rings. The predicted octanol–water partition coefficient (Wildman–Crippen LogP) is 1.13. The second-order valence-electron chi connectivity index (χ2n) is 0.665. The first kappa shape index (κ1) is 17.9. The number of hydrogen-bond acceptors (Lipinski definition) is 1. The first-order chi connectivity index (χ1) is 3.73. The Hall–Kier alpha value is 2.02. The molecule has 10 heteroatoms. The molecule has 3 N–H and O–H groups in total. The Balaban J connectivity index is -0.0000000910. The van der Waals surface area contributed by atoms with Crippen molar-refractivity contribution >= 4 is 38.1 Å². The summed E-state index contributed by atoms with van der Waals surface area (Å²) < 4.78 is 8.88. The fourth-order valence-electron chi connectivity index (χ4n) is 0. The topological polar surface area (TPSA) is 77.8 Å². The van der Waals surface area contributed by atoms with E-state index in [9.17, 15) is 0 Å². The van der Waals surface area contributed by atoms with Gasteiger partial charge in [-0.15, -0.1) is 0 Å². The van der Waals surface area contributed by atoms with Gasteiger partial charge in [0.15, 0.2) is 0 Å². The van der Waals surface area contributed by atoms with E-state index >= 15 is 0 Å². The van der Waals surface area contributed by atoms with Gasteiger partial charge in [0, 0.05) is 17.1 Å². The molecule has 0 aromatic heterocycles. The van der Waals surface area contributed by atoms with Gasteiger partial charge in [-0.05, 0) is 0 Å². The first-order valence-electron chi connectivity index (χ1n) is 1.18. The van der Waals surface area contributed by atoms with Crippen LogP contribution >= 0.6 is 38.1 Å². The van der Waals surface area contributed by atoms with Crippen molar-refractivity contribution in [2.75, 3.05) is 0 Å². The van der Waals surface area contributed by atoms with Gasteiger partial charge < -0.3 is 14.7 Å². The Morgan fingerprint density at radius 1 is 1.10 bits per heavy atom. The molecule has 0 aliphatic rings. The third kappa shape index (κ3) is 200. The van der Waals surface area contributed by atoms with Crippen molar-refractivity contribution in [2.24, 2.45) is 0 Å². The zero-order valence-electron chi connectivity index (χ0n) is 4.04. The van der Waals surface area contributed by atoms with Crippen LogP contribution in [0.25, 0.3) is 0 Å². The number of phosphoric acid groups is 1. The molecule has 0 saturated carbocycles. The van der Waals surface area contributed by atoms with Gasteiger partial charge in [0.05, 0.1) is 0 Å². The van der Waals surface area contributed by atoms with Crippen molar-refractivity contribution in [3.8, 4) is 0 Å². The Bertz CT molecular complexity index is 89.7. The molecule has 10 heavy (non-hydrogen) atoms. The van der Waals surface area contributed by atoms with Gasteiger partial charge in [0.2, 0.25) is 0 Å². The summed E-state index contributed by atoms with van der Waals surface area (Å²) in [5.41, 5.74) is 0. The van der Waals surface area contributed by atoms with E-state index in [0.717, 1.165) is 0 Å². The van der Waals surface area contributed by atoms with E-state index in [4.69, 9.17) is 49.5 Å². The average Bonchev–Trinajstić information content (AvgIpc) is 1.19. The molecule has 0 radical (unpaired) electrons. The molecule has 0 aromatic rings. The van der Waals surface area contributed by atoms with Crippen molar-refractivity contribution in [3.05, 3.63) is 0 Å². The minimum atomic E-state index is -4.64. The normalized spacial score (nSPS) is 10.4. The Morgan fingerprint density at radius 2 is 1.10 bits per heavy atom. The molecular formula is H3Cl3Fe2O4P. The van der Waals surface area contributed by atoms with Gasteiger partial charge in [0.1, 0.15) is 0 Å². The summed E-state index contributed by atoms with van der Waals surface area (Å²) in [6.45, 7) is 0. The van der Waals surface area contributed by atoms with Gasteiger partial charge in [-0.3, -0.25) is 0 Å². The summed E-state index contributed by atoms with van der Waals surface area (Å²) in [5, 5.41) is 0. The van der Waals surface area contributed by atoms with Gasteiger partial charge in [-0.25, -0.2) is 4.57 Å². The minimum Gasteiger partial charge on any atom is 0 e. The van der Waals surface area contributed by atoms with E-state index in [0.29, 0.717) is 0 Å². The average molecular weight is 316 g/mol. The Morgan fingerprint density at radius 3 is 1.10 bits per heavy atom. The molecule has 0 saturated heterocycles. The van der Waals surface area contributed by atoms with Gasteiger partial charge in [0.25, 0.3) is 0 Å². The summed E-state index contributed by atoms with van der Waals surface area (Å²) in [6, 6.07) is 0. The molecular weight excluding hydrogens is 313 g/mol. The second-order valence-corrected chi connectivity index (χ2v) is 7.16. The van der Waals surface area contributed by atoms with E-state index in [1.54, 1.807) is 0 Å². The summed E-state index contributed by atoms with van der Waals surface area (Å²) in [5.74, 6) is 0. The van der Waals surface area contributed by atoms with Crippen LogP contribution in [-0.2, 0) is 32.8 Å². The van der Waals surface area contributed by atoms with Crippen LogP contribution in [-0.4, -0.2) is 14.7 Å². The van der Waals surface area contributed by atoms with Crippen LogP contribution in [0.15, 0.2) is 0 Å². The van der Waals surface area contributed by atoms with E-state index in [1.165, 1.54) is 0 Å². The molecule has 4 nitrogen and oxygen atoms in total. The maximum absolute atomic E-state index is 8.88. The minimum absolute atomic E-state index is 0. The van der Waals surface area contributed by atoms with E-state index in [2.05, 4.69) is 0 Å². The van der Waals surface area contributed by atoms with Crippen molar-refractivity contribution in [2.45, 2.75) is 0 Å². The molecule has 0 rings (SSSR count). The SMILES string of the molecule is O=P(O)(O)O.[Cl][Fe]([Cl])[Cl].[Fe]. The molecule has 0 spiro atoms. The standard InChI is InChI=1S/3ClH.2Fe.H3O4P/c;;;;;1-5(2,3)4/h3*1H;;;(H3,1,2,3,4)/q;;;;+3;/p-3. The molecule has 0 bridgehead atoms.